The molecule has 0 aliphatic rings. The SMILES string of the molecule is O=C(O)CCOc1ccc(-n2ccnc2)cc1. The van der Waals surface area contributed by atoms with Crippen LogP contribution in [0.2, 0.25) is 0 Å². The van der Waals surface area contributed by atoms with Crippen LogP contribution in [0.4, 0.5) is 0 Å². The quantitative estimate of drug-likeness (QED) is 0.852. The first-order valence-electron chi connectivity index (χ1n) is 5.19. The molecule has 1 aromatic heterocycles. The van der Waals surface area contributed by atoms with Crippen molar-refractivity contribution in [1.82, 2.24) is 9.55 Å². The van der Waals surface area contributed by atoms with Crippen LogP contribution in [0.15, 0.2) is 43.0 Å². The minimum atomic E-state index is -0.861. The highest BCUT2D eigenvalue weighted by atomic mass is 16.5. The van der Waals surface area contributed by atoms with Crippen molar-refractivity contribution in [3.05, 3.63) is 43.0 Å². The highest BCUT2D eigenvalue weighted by molar-refractivity contribution is 5.66. The fourth-order valence-corrected chi connectivity index (χ4v) is 1.38. The molecule has 0 amide bonds. The van der Waals surface area contributed by atoms with Gasteiger partial charge in [-0.25, -0.2) is 4.98 Å². The van der Waals surface area contributed by atoms with Crippen LogP contribution in [-0.2, 0) is 4.79 Å². The minimum Gasteiger partial charge on any atom is -0.493 e. The molecule has 88 valence electrons. The van der Waals surface area contributed by atoms with Gasteiger partial charge in [0.1, 0.15) is 5.75 Å². The molecular formula is C12H12N2O3. The molecule has 0 atom stereocenters. The Morgan fingerprint density at radius 1 is 1.35 bits per heavy atom. The number of aromatic nitrogens is 2. The van der Waals surface area contributed by atoms with Crippen molar-refractivity contribution < 1.29 is 14.6 Å². The lowest BCUT2D eigenvalue weighted by atomic mass is 10.3. The number of rotatable bonds is 5. The van der Waals surface area contributed by atoms with Crippen molar-refractivity contribution in [3.8, 4) is 11.4 Å². The zero-order valence-electron chi connectivity index (χ0n) is 9.11. The monoisotopic (exact) mass is 232 g/mol. The molecule has 0 unspecified atom stereocenters. The summed E-state index contributed by atoms with van der Waals surface area (Å²) < 4.78 is 7.16. The van der Waals surface area contributed by atoms with Gasteiger partial charge < -0.3 is 14.4 Å². The fraction of sp³-hybridized carbons (Fsp3) is 0.167. The van der Waals surface area contributed by atoms with Gasteiger partial charge in [-0.05, 0) is 24.3 Å². The van der Waals surface area contributed by atoms with Gasteiger partial charge in [0.2, 0.25) is 0 Å². The van der Waals surface area contributed by atoms with Gasteiger partial charge in [0.25, 0.3) is 0 Å². The van der Waals surface area contributed by atoms with E-state index in [9.17, 15) is 4.79 Å². The molecule has 5 heteroatoms. The number of carbonyl (C=O) groups is 1. The molecule has 5 nitrogen and oxygen atoms in total. The maximum absolute atomic E-state index is 10.3. The number of benzene rings is 1. The number of imidazole rings is 1. The first-order valence-corrected chi connectivity index (χ1v) is 5.19. The van der Waals surface area contributed by atoms with Crippen molar-refractivity contribution in [2.24, 2.45) is 0 Å². The summed E-state index contributed by atoms with van der Waals surface area (Å²) in [5.74, 6) is -0.199. The molecule has 0 saturated heterocycles. The summed E-state index contributed by atoms with van der Waals surface area (Å²) in [6, 6.07) is 7.38. The lowest BCUT2D eigenvalue weighted by molar-refractivity contribution is -0.137. The Labute approximate surface area is 98.3 Å². The molecule has 0 fully saturated rings. The molecule has 2 aromatic rings. The topological polar surface area (TPSA) is 64.3 Å². The summed E-state index contributed by atoms with van der Waals surface area (Å²) >= 11 is 0. The van der Waals surface area contributed by atoms with Gasteiger partial charge in [-0.3, -0.25) is 4.79 Å². The van der Waals surface area contributed by atoms with Crippen LogP contribution in [0, 0.1) is 0 Å². The van der Waals surface area contributed by atoms with E-state index in [1.165, 1.54) is 0 Å². The van der Waals surface area contributed by atoms with Crippen molar-refractivity contribution in [2.45, 2.75) is 6.42 Å². The van der Waals surface area contributed by atoms with E-state index >= 15 is 0 Å². The average Bonchev–Trinajstić information content (AvgIpc) is 2.83. The normalized spacial score (nSPS) is 10.1. The highest BCUT2D eigenvalue weighted by Crippen LogP contribution is 2.15. The Balaban J connectivity index is 1.96. The van der Waals surface area contributed by atoms with Crippen LogP contribution in [0.1, 0.15) is 6.42 Å². The number of hydrogen-bond acceptors (Lipinski definition) is 3. The van der Waals surface area contributed by atoms with Crippen molar-refractivity contribution in [2.75, 3.05) is 6.61 Å². The van der Waals surface area contributed by atoms with E-state index in [2.05, 4.69) is 4.98 Å². The van der Waals surface area contributed by atoms with E-state index in [1.807, 2.05) is 22.9 Å². The zero-order valence-corrected chi connectivity index (χ0v) is 9.11. The molecule has 1 heterocycles. The summed E-state index contributed by atoms with van der Waals surface area (Å²) in [7, 11) is 0. The second-order valence-corrected chi connectivity index (χ2v) is 3.46. The summed E-state index contributed by atoms with van der Waals surface area (Å²) in [5, 5.41) is 8.47. The smallest absolute Gasteiger partial charge is 0.306 e. The summed E-state index contributed by atoms with van der Waals surface area (Å²) in [4.78, 5) is 14.3. The maximum atomic E-state index is 10.3. The number of hydrogen-bond donors (Lipinski definition) is 1. The molecule has 0 aliphatic heterocycles. The summed E-state index contributed by atoms with van der Waals surface area (Å²) in [6.07, 6.45) is 5.27. The first kappa shape index (κ1) is 11.2. The second kappa shape index (κ2) is 5.16. The van der Waals surface area contributed by atoms with Gasteiger partial charge in [0.05, 0.1) is 19.4 Å². The predicted molar refractivity (Wildman–Crippen MR) is 61.3 cm³/mol. The van der Waals surface area contributed by atoms with E-state index < -0.39 is 5.97 Å². The zero-order chi connectivity index (χ0) is 12.1. The van der Waals surface area contributed by atoms with Crippen LogP contribution >= 0.6 is 0 Å². The number of nitrogens with zero attached hydrogens (tertiary/aromatic N) is 2. The molecule has 0 bridgehead atoms. The summed E-state index contributed by atoms with van der Waals surface area (Å²) in [5.41, 5.74) is 0.980. The maximum Gasteiger partial charge on any atom is 0.306 e. The van der Waals surface area contributed by atoms with Gasteiger partial charge in [-0.15, -0.1) is 0 Å². The van der Waals surface area contributed by atoms with Crippen LogP contribution in [0.25, 0.3) is 5.69 Å². The molecule has 0 aliphatic carbocycles. The molecule has 1 N–H and O–H groups in total. The van der Waals surface area contributed by atoms with Crippen molar-refractivity contribution in [3.63, 3.8) is 0 Å². The highest BCUT2D eigenvalue weighted by Gasteiger charge is 1.99. The largest absolute Gasteiger partial charge is 0.493 e. The second-order valence-electron chi connectivity index (χ2n) is 3.46. The van der Waals surface area contributed by atoms with Crippen molar-refractivity contribution in [1.29, 1.82) is 0 Å². The van der Waals surface area contributed by atoms with Crippen molar-refractivity contribution >= 4 is 5.97 Å². The van der Waals surface area contributed by atoms with E-state index in [-0.39, 0.29) is 13.0 Å². The Bertz CT molecular complexity index is 477. The minimum absolute atomic E-state index is 0.00325. The third kappa shape index (κ3) is 3.07. The van der Waals surface area contributed by atoms with Gasteiger partial charge in [0.15, 0.2) is 0 Å². The van der Waals surface area contributed by atoms with Crippen LogP contribution in [-0.4, -0.2) is 27.2 Å². The predicted octanol–water partition coefficient (Wildman–Crippen LogP) is 1.73. The summed E-state index contributed by atoms with van der Waals surface area (Å²) in [6.45, 7) is 0.180. The lowest BCUT2D eigenvalue weighted by Crippen LogP contribution is -2.04. The van der Waals surface area contributed by atoms with E-state index in [0.717, 1.165) is 5.69 Å². The molecule has 0 spiro atoms. The van der Waals surface area contributed by atoms with Gasteiger partial charge >= 0.3 is 5.97 Å². The van der Waals surface area contributed by atoms with Gasteiger partial charge in [-0.2, -0.15) is 0 Å². The Hall–Kier alpha value is -2.30. The Morgan fingerprint density at radius 3 is 2.71 bits per heavy atom. The Kier molecular flexibility index (Phi) is 3.40. The first-order chi connectivity index (χ1) is 8.25. The standard InChI is InChI=1S/C12H12N2O3/c15-12(16)5-8-17-11-3-1-10(2-4-11)14-7-6-13-9-14/h1-4,6-7,9H,5,8H2,(H,15,16). The Morgan fingerprint density at radius 2 is 2.12 bits per heavy atom. The number of aliphatic carboxylic acids is 1. The van der Waals surface area contributed by atoms with E-state index in [4.69, 9.17) is 9.84 Å². The molecule has 0 radical (unpaired) electrons. The van der Waals surface area contributed by atoms with E-state index in [1.54, 1.807) is 24.7 Å². The molecular weight excluding hydrogens is 220 g/mol. The molecule has 0 saturated carbocycles. The third-order valence-electron chi connectivity index (χ3n) is 2.22. The van der Waals surface area contributed by atoms with Crippen LogP contribution < -0.4 is 4.74 Å². The fourth-order valence-electron chi connectivity index (χ4n) is 1.38. The molecule has 17 heavy (non-hydrogen) atoms. The number of carboxylic acid groups (broad SMARTS) is 1. The van der Waals surface area contributed by atoms with Crippen LogP contribution in [0.3, 0.4) is 0 Å². The lowest BCUT2D eigenvalue weighted by Gasteiger charge is -2.06. The van der Waals surface area contributed by atoms with E-state index in [0.29, 0.717) is 5.75 Å². The van der Waals surface area contributed by atoms with Gasteiger partial charge in [0, 0.05) is 18.1 Å². The molecule has 2 rings (SSSR count). The van der Waals surface area contributed by atoms with Gasteiger partial charge in [-0.1, -0.05) is 0 Å². The number of carboxylic acids is 1. The molecule has 1 aromatic carbocycles. The van der Waals surface area contributed by atoms with Crippen LogP contribution in [0.5, 0.6) is 5.75 Å². The average molecular weight is 232 g/mol. The number of ether oxygens (including phenoxy) is 1. The third-order valence-corrected chi connectivity index (χ3v) is 2.22.